The number of carbonyl (C=O) groups excluding carboxylic acids is 2. The lowest BCUT2D eigenvalue weighted by atomic mass is 9.94. The smallest absolute Gasteiger partial charge is 0.232 e. The number of halogens is 2. The summed E-state index contributed by atoms with van der Waals surface area (Å²) in [6, 6.07) is 16.8. The minimum absolute atomic E-state index is 0.00358. The molecule has 8 heteroatoms. The minimum Gasteiger partial charge on any atom is -0.350 e. The van der Waals surface area contributed by atoms with E-state index in [2.05, 4.69) is 10.4 Å². The molecule has 36 heavy (non-hydrogen) atoms. The van der Waals surface area contributed by atoms with Gasteiger partial charge in [0, 0.05) is 17.0 Å². The molecule has 182 valence electrons. The SMILES string of the molecule is C[C@@H]1C(=O)N(c2ccc3c(cnn3-c3ccc(F)cc3)c2)[C@H](c2ccc(F)cc2)[C@H]1NC(=O)C1CC1. The van der Waals surface area contributed by atoms with E-state index < -0.39 is 18.0 Å². The Balaban J connectivity index is 1.41. The first-order valence-electron chi connectivity index (χ1n) is 12.0. The summed E-state index contributed by atoms with van der Waals surface area (Å²) in [6.45, 7) is 1.82. The summed E-state index contributed by atoms with van der Waals surface area (Å²) in [5, 5.41) is 8.37. The number of benzene rings is 3. The van der Waals surface area contributed by atoms with Crippen molar-refractivity contribution in [2.75, 3.05) is 4.90 Å². The van der Waals surface area contributed by atoms with Gasteiger partial charge in [0.15, 0.2) is 0 Å². The number of nitrogens with zero attached hydrogens (tertiary/aromatic N) is 3. The minimum atomic E-state index is -0.486. The lowest BCUT2D eigenvalue weighted by Gasteiger charge is -2.29. The van der Waals surface area contributed by atoms with Crippen molar-refractivity contribution >= 4 is 28.4 Å². The molecule has 3 aromatic carbocycles. The van der Waals surface area contributed by atoms with Crippen LogP contribution in [0.4, 0.5) is 14.5 Å². The number of hydrogen-bond donors (Lipinski definition) is 1. The van der Waals surface area contributed by atoms with Gasteiger partial charge >= 0.3 is 0 Å². The van der Waals surface area contributed by atoms with Crippen molar-refractivity contribution < 1.29 is 18.4 Å². The van der Waals surface area contributed by atoms with E-state index in [0.717, 1.165) is 35.0 Å². The number of aromatic nitrogens is 2. The third-order valence-corrected chi connectivity index (χ3v) is 7.15. The van der Waals surface area contributed by atoms with Crippen molar-refractivity contribution in [3.63, 3.8) is 0 Å². The Kier molecular flexibility index (Phi) is 5.32. The highest BCUT2D eigenvalue weighted by molar-refractivity contribution is 6.01. The normalized spacial score (nSPS) is 21.8. The number of nitrogens with one attached hydrogen (secondary N) is 1. The Hall–Kier alpha value is -4.07. The Labute approximate surface area is 206 Å². The molecule has 1 aliphatic carbocycles. The highest BCUT2D eigenvalue weighted by Gasteiger charge is 2.48. The molecule has 3 atom stereocenters. The molecule has 2 fully saturated rings. The van der Waals surface area contributed by atoms with Crippen LogP contribution in [0.3, 0.4) is 0 Å². The molecule has 1 aromatic heterocycles. The predicted molar refractivity (Wildman–Crippen MR) is 131 cm³/mol. The zero-order valence-electron chi connectivity index (χ0n) is 19.6. The lowest BCUT2D eigenvalue weighted by molar-refractivity contribution is -0.123. The van der Waals surface area contributed by atoms with E-state index in [9.17, 15) is 18.4 Å². The molecule has 0 radical (unpaired) electrons. The summed E-state index contributed by atoms with van der Waals surface area (Å²) in [5.41, 5.74) is 2.94. The van der Waals surface area contributed by atoms with Crippen LogP contribution < -0.4 is 10.2 Å². The highest BCUT2D eigenvalue weighted by Crippen LogP contribution is 2.42. The molecule has 1 saturated carbocycles. The molecule has 0 unspecified atom stereocenters. The topological polar surface area (TPSA) is 67.2 Å². The summed E-state index contributed by atoms with van der Waals surface area (Å²) in [4.78, 5) is 28.0. The number of hydrogen-bond acceptors (Lipinski definition) is 3. The average molecular weight is 487 g/mol. The second-order valence-corrected chi connectivity index (χ2v) is 9.58. The Morgan fingerprint density at radius 1 is 0.944 bits per heavy atom. The van der Waals surface area contributed by atoms with E-state index in [1.54, 1.807) is 40.0 Å². The zero-order chi connectivity index (χ0) is 25.0. The van der Waals surface area contributed by atoms with Crippen molar-refractivity contribution in [2.24, 2.45) is 11.8 Å². The molecule has 2 heterocycles. The van der Waals surface area contributed by atoms with Gasteiger partial charge in [-0.05, 0) is 73.0 Å². The van der Waals surface area contributed by atoms with Crippen LogP contribution in [0.2, 0.25) is 0 Å². The first-order chi connectivity index (χ1) is 17.4. The van der Waals surface area contributed by atoms with E-state index in [4.69, 9.17) is 0 Å². The van der Waals surface area contributed by atoms with Crippen LogP contribution in [-0.2, 0) is 9.59 Å². The van der Waals surface area contributed by atoms with E-state index in [-0.39, 0.29) is 29.4 Å². The van der Waals surface area contributed by atoms with Crippen molar-refractivity contribution in [3.8, 4) is 5.69 Å². The highest BCUT2D eigenvalue weighted by atomic mass is 19.1. The first-order valence-corrected chi connectivity index (χ1v) is 12.0. The summed E-state index contributed by atoms with van der Waals surface area (Å²) in [5.74, 6) is -1.30. The van der Waals surface area contributed by atoms with E-state index in [0.29, 0.717) is 5.69 Å². The van der Waals surface area contributed by atoms with Gasteiger partial charge in [-0.15, -0.1) is 0 Å². The fourth-order valence-electron chi connectivity index (χ4n) is 5.04. The first kappa shape index (κ1) is 22.4. The Morgan fingerprint density at radius 2 is 1.58 bits per heavy atom. The molecule has 2 amide bonds. The van der Waals surface area contributed by atoms with E-state index in [1.165, 1.54) is 24.3 Å². The molecule has 0 bridgehead atoms. The van der Waals surface area contributed by atoms with Gasteiger partial charge in [0.2, 0.25) is 11.8 Å². The van der Waals surface area contributed by atoms with Gasteiger partial charge in [-0.2, -0.15) is 5.10 Å². The molecule has 2 aliphatic rings. The molecule has 6 nitrogen and oxygen atoms in total. The molecule has 6 rings (SSSR count). The quantitative estimate of drug-likeness (QED) is 0.435. The molecule has 1 saturated heterocycles. The fraction of sp³-hybridized carbons (Fsp3) is 0.250. The molecular weight excluding hydrogens is 462 g/mol. The van der Waals surface area contributed by atoms with Crippen LogP contribution in [-0.4, -0.2) is 27.6 Å². The van der Waals surface area contributed by atoms with Gasteiger partial charge in [-0.25, -0.2) is 13.5 Å². The number of carbonyl (C=O) groups is 2. The maximum atomic E-state index is 13.7. The van der Waals surface area contributed by atoms with Gasteiger partial charge in [0.25, 0.3) is 0 Å². The van der Waals surface area contributed by atoms with Gasteiger partial charge in [0.05, 0.1) is 35.4 Å². The third-order valence-electron chi connectivity index (χ3n) is 7.15. The van der Waals surface area contributed by atoms with Crippen LogP contribution in [0.15, 0.2) is 72.9 Å². The van der Waals surface area contributed by atoms with Crippen LogP contribution in [0.5, 0.6) is 0 Å². The molecule has 1 N–H and O–H groups in total. The van der Waals surface area contributed by atoms with Gasteiger partial charge in [-0.1, -0.05) is 19.1 Å². The lowest BCUT2D eigenvalue weighted by Crippen LogP contribution is -2.42. The van der Waals surface area contributed by atoms with Crippen LogP contribution >= 0.6 is 0 Å². The largest absolute Gasteiger partial charge is 0.350 e. The molecule has 4 aromatic rings. The van der Waals surface area contributed by atoms with Crippen molar-refractivity contribution in [3.05, 3.63) is 90.1 Å². The Bertz CT molecular complexity index is 1460. The van der Waals surface area contributed by atoms with Crippen LogP contribution in [0.25, 0.3) is 16.6 Å². The zero-order valence-corrected chi connectivity index (χ0v) is 19.6. The van der Waals surface area contributed by atoms with Crippen LogP contribution in [0, 0.1) is 23.5 Å². The number of amides is 2. The van der Waals surface area contributed by atoms with Crippen LogP contribution in [0.1, 0.15) is 31.4 Å². The van der Waals surface area contributed by atoms with Gasteiger partial charge in [0.1, 0.15) is 11.6 Å². The van der Waals surface area contributed by atoms with Gasteiger partial charge < -0.3 is 10.2 Å². The third kappa shape index (κ3) is 3.82. The molecule has 0 spiro atoms. The summed E-state index contributed by atoms with van der Waals surface area (Å²) < 4.78 is 28.8. The van der Waals surface area contributed by atoms with Crippen molar-refractivity contribution in [1.29, 1.82) is 0 Å². The second kappa shape index (κ2) is 8.55. The van der Waals surface area contributed by atoms with Gasteiger partial charge in [-0.3, -0.25) is 9.59 Å². The Morgan fingerprint density at radius 3 is 2.25 bits per heavy atom. The second-order valence-electron chi connectivity index (χ2n) is 9.58. The van der Waals surface area contributed by atoms with E-state index >= 15 is 0 Å². The predicted octanol–water partition coefficient (Wildman–Crippen LogP) is 4.92. The van der Waals surface area contributed by atoms with Crippen molar-refractivity contribution in [1.82, 2.24) is 15.1 Å². The fourth-order valence-corrected chi connectivity index (χ4v) is 5.04. The van der Waals surface area contributed by atoms with E-state index in [1.807, 2.05) is 25.1 Å². The maximum absolute atomic E-state index is 13.7. The number of anilines is 1. The molecular formula is C28H24F2N4O2. The monoisotopic (exact) mass is 486 g/mol. The summed E-state index contributed by atoms with van der Waals surface area (Å²) in [6.07, 6.45) is 3.42. The summed E-state index contributed by atoms with van der Waals surface area (Å²) in [7, 11) is 0. The van der Waals surface area contributed by atoms with Crippen molar-refractivity contribution in [2.45, 2.75) is 31.8 Å². The standard InChI is InChI=1S/C28H24F2N4O2/c1-16-25(32-27(35)18-2-3-18)26(17-4-6-20(29)7-5-17)33(28(16)36)23-12-13-24-19(14-23)15-31-34(24)22-10-8-21(30)9-11-22/h4-16,18,25-26H,2-3H2,1H3,(H,32,35)/t16-,25-,26+/m0/s1. The average Bonchev–Trinajstić information content (AvgIpc) is 3.61. The molecule has 1 aliphatic heterocycles. The number of rotatable bonds is 5. The summed E-state index contributed by atoms with van der Waals surface area (Å²) >= 11 is 0. The number of fused-ring (bicyclic) bond motifs is 1. The maximum Gasteiger partial charge on any atom is 0.232 e.